The van der Waals surface area contributed by atoms with Gasteiger partial charge in [0.2, 0.25) is 0 Å². The van der Waals surface area contributed by atoms with E-state index in [9.17, 15) is 4.39 Å². The number of H-pyrrole nitrogens is 1. The molecule has 2 aromatic rings. The number of halogens is 2. The van der Waals surface area contributed by atoms with Gasteiger partial charge in [0.25, 0.3) is 0 Å². The summed E-state index contributed by atoms with van der Waals surface area (Å²) in [5.74, 6) is 0.907. The van der Waals surface area contributed by atoms with Gasteiger partial charge in [0.15, 0.2) is 0 Å². The van der Waals surface area contributed by atoms with Crippen molar-refractivity contribution in [3.63, 3.8) is 0 Å². The van der Waals surface area contributed by atoms with Crippen LogP contribution in [0.3, 0.4) is 0 Å². The van der Waals surface area contributed by atoms with Gasteiger partial charge in [0.05, 0.1) is 5.88 Å². The molecule has 0 aliphatic heterocycles. The molecule has 0 unspecified atom stereocenters. The maximum atomic E-state index is 13.0. The van der Waals surface area contributed by atoms with E-state index in [1.807, 2.05) is 0 Å². The molecule has 0 fully saturated rings. The van der Waals surface area contributed by atoms with Crippen molar-refractivity contribution in [3.05, 3.63) is 41.5 Å². The third kappa shape index (κ3) is 2.02. The van der Waals surface area contributed by atoms with Crippen LogP contribution in [-0.2, 0) is 5.88 Å². The monoisotopic (exact) mass is 224 g/mol. The van der Waals surface area contributed by atoms with Crippen molar-refractivity contribution < 1.29 is 4.39 Å². The van der Waals surface area contributed by atoms with Gasteiger partial charge in [-0.05, 0) is 30.7 Å². The fourth-order valence-corrected chi connectivity index (χ4v) is 1.50. The summed E-state index contributed by atoms with van der Waals surface area (Å²) in [5.41, 5.74) is 2.33. The van der Waals surface area contributed by atoms with E-state index >= 15 is 0 Å². The van der Waals surface area contributed by atoms with Gasteiger partial charge < -0.3 is 4.98 Å². The van der Waals surface area contributed by atoms with Gasteiger partial charge in [0.1, 0.15) is 11.6 Å². The smallest absolute Gasteiger partial charge is 0.137 e. The fraction of sp³-hybridized carbons (Fsp3) is 0.182. The Morgan fingerprint density at radius 3 is 2.87 bits per heavy atom. The Morgan fingerprint density at radius 1 is 1.47 bits per heavy atom. The SMILES string of the molecule is Cc1cc(-c2ncc(CCl)[nH]2)ccc1F. The molecule has 0 aliphatic carbocycles. The van der Waals surface area contributed by atoms with Crippen LogP contribution in [0.2, 0.25) is 0 Å². The molecule has 1 N–H and O–H groups in total. The first-order valence-corrected chi connectivity index (χ1v) is 5.10. The van der Waals surface area contributed by atoms with Gasteiger partial charge >= 0.3 is 0 Å². The summed E-state index contributed by atoms with van der Waals surface area (Å²) >= 11 is 5.65. The van der Waals surface area contributed by atoms with E-state index in [0.717, 1.165) is 11.3 Å². The Hall–Kier alpha value is -1.35. The van der Waals surface area contributed by atoms with Crippen molar-refractivity contribution in [2.45, 2.75) is 12.8 Å². The third-order valence-corrected chi connectivity index (χ3v) is 2.49. The molecule has 0 spiro atoms. The minimum absolute atomic E-state index is 0.206. The summed E-state index contributed by atoms with van der Waals surface area (Å²) in [7, 11) is 0. The highest BCUT2D eigenvalue weighted by Crippen LogP contribution is 2.19. The maximum absolute atomic E-state index is 13.0. The lowest BCUT2D eigenvalue weighted by Crippen LogP contribution is -1.86. The molecule has 4 heteroatoms. The van der Waals surface area contributed by atoms with Crippen LogP contribution in [0.1, 0.15) is 11.3 Å². The first-order chi connectivity index (χ1) is 7.20. The molecule has 1 aromatic heterocycles. The lowest BCUT2D eigenvalue weighted by Gasteiger charge is -1.99. The van der Waals surface area contributed by atoms with E-state index in [2.05, 4.69) is 9.97 Å². The van der Waals surface area contributed by atoms with E-state index in [4.69, 9.17) is 11.6 Å². The maximum Gasteiger partial charge on any atom is 0.137 e. The molecule has 15 heavy (non-hydrogen) atoms. The summed E-state index contributed by atoms with van der Waals surface area (Å²) in [6, 6.07) is 4.89. The molecule has 0 radical (unpaired) electrons. The van der Waals surface area contributed by atoms with E-state index in [0.29, 0.717) is 17.3 Å². The van der Waals surface area contributed by atoms with Crippen molar-refractivity contribution in [2.75, 3.05) is 0 Å². The highest BCUT2D eigenvalue weighted by Gasteiger charge is 2.05. The van der Waals surface area contributed by atoms with Gasteiger partial charge in [-0.1, -0.05) is 0 Å². The summed E-state index contributed by atoms with van der Waals surface area (Å²) in [6.07, 6.45) is 1.68. The zero-order valence-corrected chi connectivity index (χ0v) is 8.98. The molecule has 78 valence electrons. The Morgan fingerprint density at radius 2 is 2.27 bits per heavy atom. The van der Waals surface area contributed by atoms with Crippen LogP contribution in [0.4, 0.5) is 4.39 Å². The Kier molecular flexibility index (Phi) is 2.73. The van der Waals surface area contributed by atoms with Gasteiger partial charge in [-0.3, -0.25) is 0 Å². The lowest BCUT2D eigenvalue weighted by molar-refractivity contribution is 0.618. The van der Waals surface area contributed by atoms with Crippen LogP contribution in [0.5, 0.6) is 0 Å². The highest BCUT2D eigenvalue weighted by molar-refractivity contribution is 6.16. The molecule has 0 saturated carbocycles. The van der Waals surface area contributed by atoms with Gasteiger partial charge in [0, 0.05) is 17.5 Å². The summed E-state index contributed by atoms with van der Waals surface area (Å²) in [4.78, 5) is 7.23. The van der Waals surface area contributed by atoms with Gasteiger partial charge in [-0.2, -0.15) is 0 Å². The van der Waals surface area contributed by atoms with Crippen LogP contribution >= 0.6 is 11.6 Å². The molecule has 1 heterocycles. The summed E-state index contributed by atoms with van der Waals surface area (Å²) in [6.45, 7) is 1.73. The minimum Gasteiger partial charge on any atom is -0.341 e. The standard InChI is InChI=1S/C11H10ClFN2/c1-7-4-8(2-3-10(7)13)11-14-6-9(5-12)15-11/h2-4,6H,5H2,1H3,(H,14,15). The Bertz CT molecular complexity index is 479. The lowest BCUT2D eigenvalue weighted by atomic mass is 10.1. The number of benzene rings is 1. The number of alkyl halides is 1. The van der Waals surface area contributed by atoms with Gasteiger partial charge in [-0.15, -0.1) is 11.6 Å². The third-order valence-electron chi connectivity index (χ3n) is 2.20. The van der Waals surface area contributed by atoms with Crippen molar-refractivity contribution in [1.29, 1.82) is 0 Å². The van der Waals surface area contributed by atoms with Crippen LogP contribution in [-0.4, -0.2) is 9.97 Å². The van der Waals surface area contributed by atoms with E-state index in [-0.39, 0.29) is 5.82 Å². The predicted molar refractivity (Wildman–Crippen MR) is 58.3 cm³/mol. The number of aromatic nitrogens is 2. The Labute approximate surface area is 92.1 Å². The molecule has 0 atom stereocenters. The molecule has 0 aliphatic rings. The molecule has 0 saturated heterocycles. The Balaban J connectivity index is 2.40. The number of rotatable bonds is 2. The topological polar surface area (TPSA) is 28.7 Å². The van der Waals surface area contributed by atoms with Crippen LogP contribution in [0, 0.1) is 12.7 Å². The molecule has 2 nitrogen and oxygen atoms in total. The quantitative estimate of drug-likeness (QED) is 0.780. The van der Waals surface area contributed by atoms with Crippen molar-refractivity contribution in [2.24, 2.45) is 0 Å². The molecule has 0 amide bonds. The average molecular weight is 225 g/mol. The van der Waals surface area contributed by atoms with Crippen molar-refractivity contribution >= 4 is 11.6 Å². The highest BCUT2D eigenvalue weighted by atomic mass is 35.5. The molecule has 1 aromatic carbocycles. The number of aryl methyl sites for hydroxylation is 1. The van der Waals surface area contributed by atoms with Crippen molar-refractivity contribution in [1.82, 2.24) is 9.97 Å². The van der Waals surface area contributed by atoms with E-state index < -0.39 is 0 Å². The molecule has 2 rings (SSSR count). The number of hydrogen-bond donors (Lipinski definition) is 1. The second-order valence-electron chi connectivity index (χ2n) is 3.35. The number of nitrogens with one attached hydrogen (secondary N) is 1. The second kappa shape index (κ2) is 4.03. The normalized spacial score (nSPS) is 10.6. The van der Waals surface area contributed by atoms with E-state index in [1.54, 1.807) is 25.3 Å². The molecular formula is C11H10ClFN2. The van der Waals surface area contributed by atoms with Crippen LogP contribution in [0.25, 0.3) is 11.4 Å². The fourth-order valence-electron chi connectivity index (χ4n) is 1.37. The first kappa shape index (κ1) is 10.2. The minimum atomic E-state index is -0.206. The van der Waals surface area contributed by atoms with Crippen molar-refractivity contribution in [3.8, 4) is 11.4 Å². The molecular weight excluding hydrogens is 215 g/mol. The van der Waals surface area contributed by atoms with Crippen LogP contribution in [0.15, 0.2) is 24.4 Å². The summed E-state index contributed by atoms with van der Waals surface area (Å²) in [5, 5.41) is 0. The average Bonchev–Trinajstić information content (AvgIpc) is 2.70. The second-order valence-corrected chi connectivity index (χ2v) is 3.62. The van der Waals surface area contributed by atoms with E-state index in [1.165, 1.54) is 6.07 Å². The molecule has 0 bridgehead atoms. The number of aromatic amines is 1. The van der Waals surface area contributed by atoms with Crippen LogP contribution < -0.4 is 0 Å². The zero-order chi connectivity index (χ0) is 10.8. The predicted octanol–water partition coefficient (Wildman–Crippen LogP) is 3.26. The number of nitrogens with zero attached hydrogens (tertiary/aromatic N) is 1. The zero-order valence-electron chi connectivity index (χ0n) is 8.22. The number of imidazole rings is 1. The van der Waals surface area contributed by atoms with Gasteiger partial charge in [-0.25, -0.2) is 9.37 Å². The number of hydrogen-bond acceptors (Lipinski definition) is 1. The summed E-state index contributed by atoms with van der Waals surface area (Å²) < 4.78 is 13.0. The largest absolute Gasteiger partial charge is 0.341 e. The first-order valence-electron chi connectivity index (χ1n) is 4.57.